The lowest BCUT2D eigenvalue weighted by molar-refractivity contribution is 0.0473. The Morgan fingerprint density at radius 1 is 0.917 bits per heavy atom. The number of rotatable bonds is 5. The summed E-state index contributed by atoms with van der Waals surface area (Å²) in [5.41, 5.74) is 2.95. The molecule has 0 fully saturated rings. The first-order chi connectivity index (χ1) is 11.6. The molecule has 4 nitrogen and oxygen atoms in total. The number of esters is 1. The summed E-state index contributed by atoms with van der Waals surface area (Å²) in [5, 5.41) is 0. The summed E-state index contributed by atoms with van der Waals surface area (Å²) >= 11 is 0. The highest BCUT2D eigenvalue weighted by atomic mass is 16.5. The Hall–Kier alpha value is -3.14. The lowest BCUT2D eigenvalue weighted by Gasteiger charge is -2.05. The first-order valence-corrected chi connectivity index (χ1v) is 7.55. The van der Waals surface area contributed by atoms with Crippen molar-refractivity contribution in [3.05, 3.63) is 83.8 Å². The van der Waals surface area contributed by atoms with E-state index >= 15 is 0 Å². The van der Waals surface area contributed by atoms with E-state index in [2.05, 4.69) is 0 Å². The van der Waals surface area contributed by atoms with Gasteiger partial charge in [-0.15, -0.1) is 0 Å². The topological polar surface area (TPSA) is 56.5 Å². The van der Waals surface area contributed by atoms with Crippen molar-refractivity contribution in [1.82, 2.24) is 0 Å². The van der Waals surface area contributed by atoms with Crippen molar-refractivity contribution >= 4 is 11.8 Å². The lowest BCUT2D eigenvalue weighted by atomic mass is 10.0. The zero-order chi connectivity index (χ0) is 16.9. The Morgan fingerprint density at radius 2 is 1.58 bits per heavy atom. The molecular weight excluding hydrogens is 304 g/mol. The molecule has 0 N–H and O–H groups in total. The Morgan fingerprint density at radius 3 is 2.21 bits per heavy atom. The maximum atomic E-state index is 12.2. The fourth-order valence-electron chi connectivity index (χ4n) is 2.37. The van der Waals surface area contributed by atoms with Gasteiger partial charge in [0.15, 0.2) is 12.4 Å². The number of benzene rings is 2. The predicted octanol–water partition coefficient (Wildman–Crippen LogP) is 4.29. The summed E-state index contributed by atoms with van der Waals surface area (Å²) in [4.78, 5) is 24.0. The molecule has 120 valence electrons. The van der Waals surface area contributed by atoms with Crippen LogP contribution in [-0.2, 0) is 4.74 Å². The molecule has 3 aromatic rings. The molecule has 0 atom stereocenters. The molecule has 0 amide bonds. The van der Waals surface area contributed by atoms with Crippen LogP contribution in [-0.4, -0.2) is 18.4 Å². The van der Waals surface area contributed by atoms with Crippen molar-refractivity contribution in [2.45, 2.75) is 6.92 Å². The van der Waals surface area contributed by atoms with Crippen molar-refractivity contribution < 1.29 is 18.7 Å². The van der Waals surface area contributed by atoms with Gasteiger partial charge in [-0.3, -0.25) is 4.79 Å². The Labute approximate surface area is 139 Å². The molecule has 2 aromatic carbocycles. The first kappa shape index (κ1) is 15.7. The molecule has 0 saturated heterocycles. The molecule has 0 unspecified atom stereocenters. The van der Waals surface area contributed by atoms with Gasteiger partial charge in [0.2, 0.25) is 0 Å². The van der Waals surface area contributed by atoms with Gasteiger partial charge in [0.1, 0.15) is 11.3 Å². The van der Waals surface area contributed by atoms with Gasteiger partial charge < -0.3 is 9.15 Å². The molecule has 0 bridgehead atoms. The van der Waals surface area contributed by atoms with Crippen LogP contribution in [0, 0.1) is 6.92 Å². The zero-order valence-electron chi connectivity index (χ0n) is 13.2. The second-order valence-corrected chi connectivity index (χ2v) is 5.33. The van der Waals surface area contributed by atoms with Crippen LogP contribution in [0.25, 0.3) is 11.1 Å². The van der Waals surface area contributed by atoms with Gasteiger partial charge in [0.25, 0.3) is 0 Å². The SMILES string of the molecule is Cc1occc1C(=O)OCC(=O)c1ccc(-c2ccccc2)cc1. The van der Waals surface area contributed by atoms with Gasteiger partial charge in [-0.05, 0) is 24.1 Å². The summed E-state index contributed by atoms with van der Waals surface area (Å²) in [6.07, 6.45) is 1.41. The van der Waals surface area contributed by atoms with Gasteiger partial charge in [0.05, 0.1) is 6.26 Å². The Balaban J connectivity index is 1.63. The van der Waals surface area contributed by atoms with E-state index in [0.717, 1.165) is 11.1 Å². The van der Waals surface area contributed by atoms with Crippen LogP contribution in [0.1, 0.15) is 26.5 Å². The molecule has 0 aliphatic heterocycles. The van der Waals surface area contributed by atoms with Gasteiger partial charge in [-0.2, -0.15) is 0 Å². The smallest absolute Gasteiger partial charge is 0.342 e. The average Bonchev–Trinajstić information content (AvgIpc) is 3.06. The monoisotopic (exact) mass is 320 g/mol. The fourth-order valence-corrected chi connectivity index (χ4v) is 2.37. The normalized spacial score (nSPS) is 10.4. The van der Waals surface area contributed by atoms with Crippen LogP contribution >= 0.6 is 0 Å². The number of Topliss-reactive ketones (excluding diaryl/α,β-unsaturated/α-hetero) is 1. The first-order valence-electron chi connectivity index (χ1n) is 7.55. The van der Waals surface area contributed by atoms with E-state index in [1.807, 2.05) is 42.5 Å². The summed E-state index contributed by atoms with van der Waals surface area (Å²) < 4.78 is 10.1. The van der Waals surface area contributed by atoms with Gasteiger partial charge in [0, 0.05) is 5.56 Å². The quantitative estimate of drug-likeness (QED) is 0.519. The fraction of sp³-hybridized carbons (Fsp3) is 0.100. The van der Waals surface area contributed by atoms with E-state index in [1.54, 1.807) is 19.1 Å². The average molecular weight is 320 g/mol. The van der Waals surface area contributed by atoms with Crippen molar-refractivity contribution in [1.29, 1.82) is 0 Å². The van der Waals surface area contributed by atoms with Gasteiger partial charge in [-0.1, -0.05) is 54.6 Å². The molecule has 0 saturated carbocycles. The molecule has 0 spiro atoms. The molecule has 4 heteroatoms. The standard InChI is InChI=1S/C20H16O4/c1-14-18(11-12-23-14)20(22)24-13-19(21)17-9-7-16(8-10-17)15-5-3-2-4-6-15/h2-12H,13H2,1H3. The van der Waals surface area contributed by atoms with E-state index in [9.17, 15) is 9.59 Å². The molecule has 24 heavy (non-hydrogen) atoms. The predicted molar refractivity (Wildman–Crippen MR) is 89.9 cm³/mol. The lowest BCUT2D eigenvalue weighted by Crippen LogP contribution is -2.14. The van der Waals surface area contributed by atoms with E-state index in [1.165, 1.54) is 12.3 Å². The van der Waals surface area contributed by atoms with Crippen LogP contribution in [0.15, 0.2) is 71.3 Å². The zero-order valence-corrected chi connectivity index (χ0v) is 13.2. The number of hydrogen-bond donors (Lipinski definition) is 0. The number of aryl methyl sites for hydroxylation is 1. The number of carbonyl (C=O) groups is 2. The number of ketones is 1. The van der Waals surface area contributed by atoms with E-state index < -0.39 is 5.97 Å². The van der Waals surface area contributed by atoms with Crippen molar-refractivity contribution in [3.63, 3.8) is 0 Å². The maximum Gasteiger partial charge on any atom is 0.342 e. The number of hydrogen-bond acceptors (Lipinski definition) is 4. The number of furan rings is 1. The Bertz CT molecular complexity index is 845. The minimum Gasteiger partial charge on any atom is -0.469 e. The van der Waals surface area contributed by atoms with Crippen LogP contribution < -0.4 is 0 Å². The molecule has 3 rings (SSSR count). The van der Waals surface area contributed by atoms with Crippen molar-refractivity contribution in [3.8, 4) is 11.1 Å². The van der Waals surface area contributed by atoms with Crippen LogP contribution in [0.4, 0.5) is 0 Å². The second-order valence-electron chi connectivity index (χ2n) is 5.33. The third-order valence-electron chi connectivity index (χ3n) is 3.73. The van der Waals surface area contributed by atoms with Crippen molar-refractivity contribution in [2.75, 3.05) is 6.61 Å². The van der Waals surface area contributed by atoms with Gasteiger partial charge in [-0.25, -0.2) is 4.79 Å². The maximum absolute atomic E-state index is 12.2. The molecule has 0 radical (unpaired) electrons. The van der Waals surface area contributed by atoms with Crippen LogP contribution in [0.5, 0.6) is 0 Å². The minimum atomic E-state index is -0.560. The summed E-state index contributed by atoms with van der Waals surface area (Å²) in [6.45, 7) is 1.37. The number of ether oxygens (including phenoxy) is 1. The molecule has 0 aliphatic rings. The Kier molecular flexibility index (Phi) is 4.57. The molecular formula is C20H16O4. The molecule has 1 aromatic heterocycles. The third-order valence-corrected chi connectivity index (χ3v) is 3.73. The summed E-state index contributed by atoms with van der Waals surface area (Å²) in [5.74, 6) is -0.334. The van der Waals surface area contributed by atoms with E-state index in [4.69, 9.17) is 9.15 Å². The largest absolute Gasteiger partial charge is 0.469 e. The second kappa shape index (κ2) is 6.96. The van der Waals surface area contributed by atoms with E-state index in [-0.39, 0.29) is 12.4 Å². The molecule has 1 heterocycles. The van der Waals surface area contributed by atoms with Crippen LogP contribution in [0.3, 0.4) is 0 Å². The summed E-state index contributed by atoms with van der Waals surface area (Å²) in [7, 11) is 0. The summed E-state index contributed by atoms with van der Waals surface area (Å²) in [6, 6.07) is 18.7. The third kappa shape index (κ3) is 3.43. The highest BCUT2D eigenvalue weighted by Gasteiger charge is 2.15. The highest BCUT2D eigenvalue weighted by molar-refractivity contribution is 5.99. The van der Waals surface area contributed by atoms with Gasteiger partial charge >= 0.3 is 5.97 Å². The van der Waals surface area contributed by atoms with Crippen LogP contribution in [0.2, 0.25) is 0 Å². The molecule has 0 aliphatic carbocycles. The van der Waals surface area contributed by atoms with E-state index in [0.29, 0.717) is 16.9 Å². The number of carbonyl (C=O) groups excluding carboxylic acids is 2. The highest BCUT2D eigenvalue weighted by Crippen LogP contribution is 2.19. The minimum absolute atomic E-state index is 0.246. The van der Waals surface area contributed by atoms with Crippen molar-refractivity contribution in [2.24, 2.45) is 0 Å².